The van der Waals surface area contributed by atoms with Gasteiger partial charge in [-0.1, -0.05) is 6.42 Å². The third kappa shape index (κ3) is 11.4. The highest BCUT2D eigenvalue weighted by Crippen LogP contribution is 2.00. The van der Waals surface area contributed by atoms with Crippen LogP contribution in [0.15, 0.2) is 0 Å². The highest BCUT2D eigenvalue weighted by molar-refractivity contribution is 5.69. The minimum absolute atomic E-state index is 0.118. The largest absolute Gasteiger partial charge is 0.466 e. The topological polar surface area (TPSA) is 64.6 Å². The van der Waals surface area contributed by atoms with Crippen molar-refractivity contribution < 1.29 is 19.1 Å². The first-order valence-corrected chi connectivity index (χ1v) is 6.72. The summed E-state index contributed by atoms with van der Waals surface area (Å²) < 4.78 is 9.64. The molecule has 0 aromatic carbocycles. The van der Waals surface area contributed by atoms with Crippen LogP contribution in [0.1, 0.15) is 46.0 Å². The molecule has 0 aromatic heterocycles. The molecule has 0 bridgehead atoms. The van der Waals surface area contributed by atoms with Crippen molar-refractivity contribution in [2.45, 2.75) is 46.0 Å². The van der Waals surface area contributed by atoms with Gasteiger partial charge in [-0.05, 0) is 33.2 Å². The van der Waals surface area contributed by atoms with Crippen LogP contribution >= 0.6 is 0 Å². The fourth-order valence-electron chi connectivity index (χ4n) is 1.48. The zero-order valence-electron chi connectivity index (χ0n) is 11.5. The monoisotopic (exact) mass is 259 g/mol. The Labute approximate surface area is 109 Å². The van der Waals surface area contributed by atoms with E-state index in [0.29, 0.717) is 32.6 Å². The molecule has 0 heterocycles. The normalized spacial score (nSPS) is 10.1. The van der Waals surface area contributed by atoms with Crippen molar-refractivity contribution in [2.75, 3.05) is 26.3 Å². The van der Waals surface area contributed by atoms with Crippen LogP contribution in [0, 0.1) is 0 Å². The highest BCUT2D eigenvalue weighted by Gasteiger charge is 2.01. The lowest BCUT2D eigenvalue weighted by Gasteiger charge is -2.05. The Bertz CT molecular complexity index is 207. The quantitative estimate of drug-likeness (QED) is 0.451. The standard InChI is InChI=1S/C13H25NO4/c1-3-17-12(15)8-6-5-7-10-14-11-9-13(16)18-4-2/h14H,3-11H2,1-2H3. The summed E-state index contributed by atoms with van der Waals surface area (Å²) in [5, 5.41) is 3.17. The summed E-state index contributed by atoms with van der Waals surface area (Å²) in [7, 11) is 0. The van der Waals surface area contributed by atoms with Crippen LogP contribution in [0.25, 0.3) is 0 Å². The molecule has 0 radical (unpaired) electrons. The molecule has 0 aromatic rings. The number of hydrogen-bond donors (Lipinski definition) is 1. The number of ether oxygens (including phenoxy) is 2. The molecule has 5 nitrogen and oxygen atoms in total. The van der Waals surface area contributed by atoms with E-state index in [9.17, 15) is 9.59 Å². The SMILES string of the molecule is CCOC(=O)CCCCCNCCC(=O)OCC. The van der Waals surface area contributed by atoms with Gasteiger partial charge in [-0.3, -0.25) is 9.59 Å². The van der Waals surface area contributed by atoms with Crippen LogP contribution in [0.3, 0.4) is 0 Å². The molecular weight excluding hydrogens is 234 g/mol. The van der Waals surface area contributed by atoms with Crippen molar-refractivity contribution >= 4 is 11.9 Å². The van der Waals surface area contributed by atoms with Crippen LogP contribution in [0.4, 0.5) is 0 Å². The second-order valence-corrected chi connectivity index (χ2v) is 3.92. The summed E-state index contributed by atoms with van der Waals surface area (Å²) in [6, 6.07) is 0. The van der Waals surface area contributed by atoms with Crippen molar-refractivity contribution in [1.29, 1.82) is 0 Å². The van der Waals surface area contributed by atoms with Crippen LogP contribution in [-0.4, -0.2) is 38.2 Å². The van der Waals surface area contributed by atoms with Crippen LogP contribution < -0.4 is 5.32 Å². The molecule has 18 heavy (non-hydrogen) atoms. The van der Waals surface area contributed by atoms with Crippen molar-refractivity contribution in [2.24, 2.45) is 0 Å². The first-order valence-electron chi connectivity index (χ1n) is 6.72. The molecule has 5 heteroatoms. The van der Waals surface area contributed by atoms with E-state index >= 15 is 0 Å². The van der Waals surface area contributed by atoms with Gasteiger partial charge in [-0.25, -0.2) is 0 Å². The molecule has 0 rings (SSSR count). The molecule has 0 fully saturated rings. The average Bonchev–Trinajstić information content (AvgIpc) is 2.33. The number of carbonyl (C=O) groups excluding carboxylic acids is 2. The predicted octanol–water partition coefficient (Wildman–Crippen LogP) is 1.65. The van der Waals surface area contributed by atoms with E-state index in [1.807, 2.05) is 6.92 Å². The molecule has 0 saturated heterocycles. The smallest absolute Gasteiger partial charge is 0.307 e. The molecule has 0 amide bonds. The van der Waals surface area contributed by atoms with Crippen LogP contribution in [0.2, 0.25) is 0 Å². The first-order chi connectivity index (χ1) is 8.70. The molecule has 0 spiro atoms. The Morgan fingerprint density at radius 2 is 1.44 bits per heavy atom. The summed E-state index contributed by atoms with van der Waals surface area (Å²) >= 11 is 0. The second-order valence-electron chi connectivity index (χ2n) is 3.92. The molecule has 0 unspecified atom stereocenters. The fourth-order valence-corrected chi connectivity index (χ4v) is 1.48. The number of nitrogens with one attached hydrogen (secondary N) is 1. The van der Waals surface area contributed by atoms with Crippen molar-refractivity contribution in [3.8, 4) is 0 Å². The molecule has 1 N–H and O–H groups in total. The average molecular weight is 259 g/mol. The maximum Gasteiger partial charge on any atom is 0.307 e. The van der Waals surface area contributed by atoms with Gasteiger partial charge >= 0.3 is 11.9 Å². The van der Waals surface area contributed by atoms with Crippen molar-refractivity contribution in [3.63, 3.8) is 0 Å². The van der Waals surface area contributed by atoms with Crippen LogP contribution in [0.5, 0.6) is 0 Å². The molecular formula is C13H25NO4. The zero-order chi connectivity index (χ0) is 13.6. The lowest BCUT2D eigenvalue weighted by molar-refractivity contribution is -0.144. The molecule has 0 aliphatic rings. The number of rotatable bonds is 11. The van der Waals surface area contributed by atoms with Gasteiger partial charge in [0, 0.05) is 13.0 Å². The van der Waals surface area contributed by atoms with Gasteiger partial charge in [0.05, 0.1) is 19.6 Å². The molecule has 0 aliphatic heterocycles. The second kappa shape index (κ2) is 12.4. The minimum Gasteiger partial charge on any atom is -0.466 e. The molecule has 0 saturated carbocycles. The van der Waals surface area contributed by atoms with Gasteiger partial charge in [0.2, 0.25) is 0 Å². The van der Waals surface area contributed by atoms with E-state index in [0.717, 1.165) is 25.8 Å². The van der Waals surface area contributed by atoms with E-state index in [1.54, 1.807) is 6.92 Å². The summed E-state index contributed by atoms with van der Waals surface area (Å²) in [6.45, 7) is 6.01. The molecule has 106 valence electrons. The summed E-state index contributed by atoms with van der Waals surface area (Å²) in [4.78, 5) is 22.0. The predicted molar refractivity (Wildman–Crippen MR) is 69.2 cm³/mol. The molecule has 0 atom stereocenters. The zero-order valence-corrected chi connectivity index (χ0v) is 11.5. The Balaban J connectivity index is 3.16. The van der Waals surface area contributed by atoms with Crippen molar-refractivity contribution in [3.05, 3.63) is 0 Å². The Morgan fingerprint density at radius 1 is 0.833 bits per heavy atom. The van der Waals surface area contributed by atoms with E-state index < -0.39 is 0 Å². The van der Waals surface area contributed by atoms with E-state index in [-0.39, 0.29) is 11.9 Å². The maximum atomic E-state index is 11.0. The third-order valence-electron chi connectivity index (χ3n) is 2.35. The lowest BCUT2D eigenvalue weighted by Crippen LogP contribution is -2.20. The minimum atomic E-state index is -0.160. The lowest BCUT2D eigenvalue weighted by atomic mass is 10.2. The van der Waals surface area contributed by atoms with Gasteiger partial charge in [-0.15, -0.1) is 0 Å². The van der Waals surface area contributed by atoms with Crippen molar-refractivity contribution in [1.82, 2.24) is 5.32 Å². The third-order valence-corrected chi connectivity index (χ3v) is 2.35. The van der Waals surface area contributed by atoms with E-state index in [2.05, 4.69) is 5.32 Å². The van der Waals surface area contributed by atoms with Gasteiger partial charge in [-0.2, -0.15) is 0 Å². The number of unbranched alkanes of at least 4 members (excludes halogenated alkanes) is 2. The van der Waals surface area contributed by atoms with Gasteiger partial charge in [0.1, 0.15) is 0 Å². The Kier molecular flexibility index (Phi) is 11.6. The number of hydrogen-bond acceptors (Lipinski definition) is 5. The van der Waals surface area contributed by atoms with Gasteiger partial charge in [0.15, 0.2) is 0 Å². The fraction of sp³-hybridized carbons (Fsp3) is 0.846. The summed E-state index contributed by atoms with van der Waals surface area (Å²) in [6.07, 6.45) is 3.76. The first kappa shape index (κ1) is 16.9. The van der Waals surface area contributed by atoms with E-state index in [4.69, 9.17) is 9.47 Å². The summed E-state index contributed by atoms with van der Waals surface area (Å²) in [5.41, 5.74) is 0. The summed E-state index contributed by atoms with van der Waals surface area (Å²) in [5.74, 6) is -0.278. The Hall–Kier alpha value is -1.10. The Morgan fingerprint density at radius 3 is 2.06 bits per heavy atom. The number of carbonyl (C=O) groups is 2. The highest BCUT2D eigenvalue weighted by atomic mass is 16.5. The van der Waals surface area contributed by atoms with Crippen LogP contribution in [-0.2, 0) is 19.1 Å². The molecule has 0 aliphatic carbocycles. The maximum absolute atomic E-state index is 11.0. The van der Waals surface area contributed by atoms with Gasteiger partial charge < -0.3 is 14.8 Å². The van der Waals surface area contributed by atoms with Gasteiger partial charge in [0.25, 0.3) is 0 Å². The van der Waals surface area contributed by atoms with E-state index in [1.165, 1.54) is 0 Å². The number of esters is 2.